The van der Waals surface area contributed by atoms with Gasteiger partial charge in [-0.2, -0.15) is 4.98 Å². The number of carbonyl (C=O) groups excluding carboxylic acids is 1. The summed E-state index contributed by atoms with van der Waals surface area (Å²) in [5.41, 5.74) is 1.33. The smallest absolute Gasteiger partial charge is 0.226 e. The Morgan fingerprint density at radius 3 is 2.81 bits per heavy atom. The van der Waals surface area contributed by atoms with E-state index in [1.165, 1.54) is 17.3 Å². The number of hydrogen-bond donors (Lipinski definition) is 2. The molecule has 8 heteroatoms. The van der Waals surface area contributed by atoms with E-state index in [2.05, 4.69) is 69.3 Å². The molecule has 0 unspecified atom stereocenters. The van der Waals surface area contributed by atoms with Gasteiger partial charge in [0.25, 0.3) is 0 Å². The fraction of sp³-hybridized carbons (Fsp3) is 0.500. The molecular weight excluding hydrogens is 416 g/mol. The minimum absolute atomic E-state index is 0.0926. The summed E-state index contributed by atoms with van der Waals surface area (Å²) in [6, 6.07) is 6.12. The summed E-state index contributed by atoms with van der Waals surface area (Å²) < 4.78 is 6.70. The SMILES string of the molecule is CCSc1n[nH]c(NC(=O)CCCOc2ccc(C(C)(C)C)cc2Br)n1. The largest absolute Gasteiger partial charge is 0.492 e. The Hall–Kier alpha value is -1.54. The van der Waals surface area contributed by atoms with E-state index in [-0.39, 0.29) is 11.3 Å². The van der Waals surface area contributed by atoms with Gasteiger partial charge in [-0.05, 0) is 51.2 Å². The lowest BCUT2D eigenvalue weighted by Crippen LogP contribution is -2.14. The molecule has 1 heterocycles. The Morgan fingerprint density at radius 1 is 1.38 bits per heavy atom. The average molecular weight is 441 g/mol. The van der Waals surface area contributed by atoms with Crippen molar-refractivity contribution in [1.82, 2.24) is 15.2 Å². The topological polar surface area (TPSA) is 79.9 Å². The van der Waals surface area contributed by atoms with Crippen LogP contribution >= 0.6 is 27.7 Å². The van der Waals surface area contributed by atoms with Crippen molar-refractivity contribution in [2.45, 2.75) is 51.1 Å². The number of carbonyl (C=O) groups is 1. The Morgan fingerprint density at radius 2 is 2.15 bits per heavy atom. The highest BCUT2D eigenvalue weighted by Gasteiger charge is 2.15. The molecule has 1 aromatic heterocycles. The third-order valence-electron chi connectivity index (χ3n) is 3.60. The predicted molar refractivity (Wildman–Crippen MR) is 109 cm³/mol. The highest BCUT2D eigenvalue weighted by Crippen LogP contribution is 2.31. The van der Waals surface area contributed by atoms with Crippen LogP contribution in [0.2, 0.25) is 0 Å². The van der Waals surface area contributed by atoms with Gasteiger partial charge in [0.2, 0.25) is 17.0 Å². The molecule has 2 N–H and O–H groups in total. The zero-order valence-corrected chi connectivity index (χ0v) is 18.0. The van der Waals surface area contributed by atoms with Gasteiger partial charge in [-0.25, -0.2) is 5.10 Å². The maximum absolute atomic E-state index is 11.9. The van der Waals surface area contributed by atoms with Crippen LogP contribution in [-0.4, -0.2) is 33.4 Å². The van der Waals surface area contributed by atoms with Gasteiger partial charge in [0, 0.05) is 6.42 Å². The molecule has 0 saturated carbocycles. The zero-order chi connectivity index (χ0) is 19.2. The van der Waals surface area contributed by atoms with E-state index in [1.807, 2.05) is 13.0 Å². The zero-order valence-electron chi connectivity index (χ0n) is 15.6. The minimum atomic E-state index is -0.111. The first-order valence-corrected chi connectivity index (χ1v) is 10.4. The summed E-state index contributed by atoms with van der Waals surface area (Å²) in [5.74, 6) is 1.94. The molecule has 2 aromatic rings. The van der Waals surface area contributed by atoms with Crippen molar-refractivity contribution in [3.8, 4) is 5.75 Å². The normalized spacial score (nSPS) is 11.4. The minimum Gasteiger partial charge on any atom is -0.492 e. The van der Waals surface area contributed by atoms with Crippen molar-refractivity contribution in [3.63, 3.8) is 0 Å². The first-order chi connectivity index (χ1) is 12.3. The molecule has 0 bridgehead atoms. The molecule has 1 amide bonds. The van der Waals surface area contributed by atoms with Gasteiger partial charge in [0.15, 0.2) is 0 Å². The number of ether oxygens (including phenoxy) is 1. The van der Waals surface area contributed by atoms with Crippen LogP contribution in [0, 0.1) is 0 Å². The van der Waals surface area contributed by atoms with Crippen molar-refractivity contribution >= 4 is 39.5 Å². The first-order valence-electron chi connectivity index (χ1n) is 8.57. The van der Waals surface area contributed by atoms with E-state index in [1.54, 1.807) is 0 Å². The van der Waals surface area contributed by atoms with Crippen LogP contribution in [0.5, 0.6) is 5.75 Å². The Kier molecular flexibility index (Phi) is 7.52. The second kappa shape index (κ2) is 9.41. The number of nitrogens with one attached hydrogen (secondary N) is 2. The van der Waals surface area contributed by atoms with Gasteiger partial charge in [0.1, 0.15) is 5.75 Å². The van der Waals surface area contributed by atoms with Gasteiger partial charge in [-0.15, -0.1) is 5.10 Å². The number of rotatable bonds is 8. The molecule has 2 rings (SSSR count). The van der Waals surface area contributed by atoms with Crippen LogP contribution in [0.4, 0.5) is 5.95 Å². The fourth-order valence-corrected chi connectivity index (χ4v) is 3.21. The van der Waals surface area contributed by atoms with Crippen LogP contribution in [0.15, 0.2) is 27.8 Å². The molecule has 142 valence electrons. The third kappa shape index (κ3) is 6.32. The Balaban J connectivity index is 1.75. The number of anilines is 1. The number of aromatic nitrogens is 3. The number of nitrogens with zero attached hydrogens (tertiary/aromatic N) is 2. The van der Waals surface area contributed by atoms with Gasteiger partial charge in [-0.1, -0.05) is 45.5 Å². The molecule has 0 atom stereocenters. The molecule has 1 aromatic carbocycles. The van der Waals surface area contributed by atoms with Crippen LogP contribution in [0.25, 0.3) is 0 Å². The molecule has 0 aliphatic heterocycles. The Labute approximate surface area is 167 Å². The number of halogens is 1. The van der Waals surface area contributed by atoms with Crippen LogP contribution < -0.4 is 10.1 Å². The molecule has 0 radical (unpaired) electrons. The van der Waals surface area contributed by atoms with E-state index < -0.39 is 0 Å². The van der Waals surface area contributed by atoms with Crippen molar-refractivity contribution in [2.24, 2.45) is 0 Å². The van der Waals surface area contributed by atoms with Crippen LogP contribution in [0.1, 0.15) is 46.1 Å². The second-order valence-electron chi connectivity index (χ2n) is 6.79. The molecule has 0 spiro atoms. The highest BCUT2D eigenvalue weighted by molar-refractivity contribution is 9.10. The summed E-state index contributed by atoms with van der Waals surface area (Å²) >= 11 is 5.07. The van der Waals surface area contributed by atoms with Gasteiger partial charge >= 0.3 is 0 Å². The van der Waals surface area contributed by atoms with Crippen LogP contribution in [-0.2, 0) is 10.2 Å². The molecule has 0 aliphatic carbocycles. The lowest BCUT2D eigenvalue weighted by Gasteiger charge is -2.20. The number of aromatic amines is 1. The molecular formula is C18H25BrN4O2S. The average Bonchev–Trinajstić information content (AvgIpc) is 2.99. The quantitative estimate of drug-likeness (QED) is 0.456. The number of hydrogen-bond acceptors (Lipinski definition) is 5. The van der Waals surface area contributed by atoms with Crippen molar-refractivity contribution in [1.29, 1.82) is 0 Å². The van der Waals surface area contributed by atoms with Crippen molar-refractivity contribution in [2.75, 3.05) is 17.7 Å². The summed E-state index contributed by atoms with van der Waals surface area (Å²) in [4.78, 5) is 16.1. The monoisotopic (exact) mass is 440 g/mol. The lowest BCUT2D eigenvalue weighted by molar-refractivity contribution is -0.116. The number of thioether (sulfide) groups is 1. The van der Waals surface area contributed by atoms with Crippen molar-refractivity contribution < 1.29 is 9.53 Å². The molecule has 26 heavy (non-hydrogen) atoms. The van der Waals surface area contributed by atoms with Crippen LogP contribution in [0.3, 0.4) is 0 Å². The molecule has 0 fully saturated rings. The standard InChI is InChI=1S/C18H25BrN4O2S/c1-5-26-17-21-16(22-23-17)20-15(24)7-6-10-25-14-9-8-12(11-13(14)19)18(2,3)4/h8-9,11H,5-7,10H2,1-4H3,(H2,20,21,22,23,24). The van der Waals surface area contributed by atoms with E-state index >= 15 is 0 Å². The second-order valence-corrected chi connectivity index (χ2v) is 8.88. The highest BCUT2D eigenvalue weighted by atomic mass is 79.9. The number of benzene rings is 1. The predicted octanol–water partition coefficient (Wildman–Crippen LogP) is 4.77. The van der Waals surface area contributed by atoms with Gasteiger partial charge < -0.3 is 4.74 Å². The number of H-pyrrole nitrogens is 1. The number of amides is 1. The first kappa shape index (κ1) is 20.8. The molecule has 0 saturated heterocycles. The van der Waals surface area contributed by atoms with E-state index in [0.29, 0.717) is 30.6 Å². The molecule has 0 aliphatic rings. The van der Waals surface area contributed by atoms with E-state index in [0.717, 1.165) is 16.0 Å². The summed E-state index contributed by atoms with van der Waals surface area (Å²) in [6.45, 7) is 9.01. The summed E-state index contributed by atoms with van der Waals surface area (Å²) in [6.07, 6.45) is 0.971. The fourth-order valence-electron chi connectivity index (χ4n) is 2.19. The maximum atomic E-state index is 11.9. The van der Waals surface area contributed by atoms with Gasteiger partial charge in [-0.3, -0.25) is 10.1 Å². The van der Waals surface area contributed by atoms with Gasteiger partial charge in [0.05, 0.1) is 11.1 Å². The van der Waals surface area contributed by atoms with E-state index in [4.69, 9.17) is 4.74 Å². The Bertz CT molecular complexity index is 743. The van der Waals surface area contributed by atoms with E-state index in [9.17, 15) is 4.79 Å². The summed E-state index contributed by atoms with van der Waals surface area (Å²) in [7, 11) is 0. The van der Waals surface area contributed by atoms with Crippen molar-refractivity contribution in [3.05, 3.63) is 28.2 Å². The third-order valence-corrected chi connectivity index (χ3v) is 4.95. The summed E-state index contributed by atoms with van der Waals surface area (Å²) in [5, 5.41) is 10.1. The molecule has 6 nitrogen and oxygen atoms in total. The maximum Gasteiger partial charge on any atom is 0.226 e. The lowest BCUT2D eigenvalue weighted by atomic mass is 9.87.